The van der Waals surface area contributed by atoms with Crippen molar-refractivity contribution in [3.8, 4) is 11.3 Å². The molecule has 0 saturated heterocycles. The Labute approximate surface area is 94.7 Å². The lowest BCUT2D eigenvalue weighted by Gasteiger charge is -2.02. The highest BCUT2D eigenvalue weighted by Crippen LogP contribution is 2.16. The van der Waals surface area contributed by atoms with Crippen molar-refractivity contribution in [1.82, 2.24) is 4.98 Å². The van der Waals surface area contributed by atoms with E-state index in [9.17, 15) is 0 Å². The molecule has 0 bridgehead atoms. The van der Waals surface area contributed by atoms with Gasteiger partial charge in [-0.15, -0.1) is 0 Å². The fourth-order valence-electron chi connectivity index (χ4n) is 1.50. The van der Waals surface area contributed by atoms with Crippen molar-refractivity contribution in [3.63, 3.8) is 0 Å². The van der Waals surface area contributed by atoms with Crippen LogP contribution in [-0.4, -0.2) is 22.2 Å². The molecule has 0 atom stereocenters. The second kappa shape index (κ2) is 6.00. The predicted octanol–water partition coefficient (Wildman–Crippen LogP) is 1.46. The molecule has 0 spiro atoms. The summed E-state index contributed by atoms with van der Waals surface area (Å²) in [4.78, 5) is 4.28. The summed E-state index contributed by atoms with van der Waals surface area (Å²) in [5.41, 5.74) is 3.24. The average Bonchev–Trinajstić information content (AvgIpc) is 2.32. The summed E-state index contributed by atoms with van der Waals surface area (Å²) in [7, 11) is 0. The quantitative estimate of drug-likeness (QED) is 0.845. The molecule has 0 saturated carbocycles. The van der Waals surface area contributed by atoms with E-state index >= 15 is 0 Å². The molecule has 3 heteroatoms. The van der Waals surface area contributed by atoms with Gasteiger partial charge in [-0.25, -0.2) is 0 Å². The standard InChI is InChI=1S/C13H13NO.H2O/c15-10-8-11-4-6-12(7-5-11)13-3-1-2-9-14-13;/h1-7,9,15H,8,10H2;1H2. The number of hydrogen-bond acceptors (Lipinski definition) is 2. The minimum Gasteiger partial charge on any atom is -0.412 e. The van der Waals surface area contributed by atoms with Gasteiger partial charge in [-0.3, -0.25) is 4.98 Å². The van der Waals surface area contributed by atoms with Crippen LogP contribution in [0.2, 0.25) is 0 Å². The zero-order chi connectivity index (χ0) is 10.5. The van der Waals surface area contributed by atoms with Gasteiger partial charge < -0.3 is 10.6 Å². The van der Waals surface area contributed by atoms with E-state index in [1.165, 1.54) is 0 Å². The van der Waals surface area contributed by atoms with Gasteiger partial charge in [0.2, 0.25) is 0 Å². The van der Waals surface area contributed by atoms with Crippen molar-refractivity contribution in [2.75, 3.05) is 6.61 Å². The monoisotopic (exact) mass is 217 g/mol. The molecule has 0 amide bonds. The smallest absolute Gasteiger partial charge is 0.0701 e. The molecule has 0 aliphatic rings. The summed E-state index contributed by atoms with van der Waals surface area (Å²) < 4.78 is 0. The van der Waals surface area contributed by atoms with Gasteiger partial charge in [0.05, 0.1) is 5.69 Å². The first kappa shape index (κ1) is 12.4. The number of benzene rings is 1. The Morgan fingerprint density at radius 3 is 2.31 bits per heavy atom. The molecular weight excluding hydrogens is 202 g/mol. The Hall–Kier alpha value is -1.71. The van der Waals surface area contributed by atoms with E-state index in [0.29, 0.717) is 6.42 Å². The molecule has 84 valence electrons. The van der Waals surface area contributed by atoms with Gasteiger partial charge in [0.25, 0.3) is 0 Å². The molecule has 3 nitrogen and oxygen atoms in total. The highest BCUT2D eigenvalue weighted by Gasteiger charge is 1.97. The van der Waals surface area contributed by atoms with Crippen LogP contribution in [0.15, 0.2) is 48.7 Å². The molecule has 2 aromatic rings. The number of aliphatic hydroxyl groups excluding tert-OH is 1. The van der Waals surface area contributed by atoms with Gasteiger partial charge in [-0.05, 0) is 24.1 Å². The van der Waals surface area contributed by atoms with Gasteiger partial charge >= 0.3 is 0 Å². The first-order valence-corrected chi connectivity index (χ1v) is 5.01. The van der Waals surface area contributed by atoms with E-state index < -0.39 is 0 Å². The van der Waals surface area contributed by atoms with Crippen LogP contribution in [0.25, 0.3) is 11.3 Å². The summed E-state index contributed by atoms with van der Waals surface area (Å²) in [5.74, 6) is 0. The van der Waals surface area contributed by atoms with Gasteiger partial charge in [0.1, 0.15) is 0 Å². The Balaban J connectivity index is 0.00000128. The van der Waals surface area contributed by atoms with E-state index in [2.05, 4.69) is 4.98 Å². The molecule has 1 aromatic heterocycles. The van der Waals surface area contributed by atoms with Crippen LogP contribution in [-0.2, 0) is 6.42 Å². The molecule has 0 aliphatic carbocycles. The van der Waals surface area contributed by atoms with Crippen molar-refractivity contribution in [3.05, 3.63) is 54.2 Å². The van der Waals surface area contributed by atoms with Crippen molar-refractivity contribution in [2.45, 2.75) is 6.42 Å². The number of pyridine rings is 1. The van der Waals surface area contributed by atoms with Crippen LogP contribution >= 0.6 is 0 Å². The Kier molecular flexibility index (Phi) is 4.64. The molecule has 0 aliphatic heterocycles. The molecule has 0 radical (unpaired) electrons. The van der Waals surface area contributed by atoms with Crippen LogP contribution < -0.4 is 0 Å². The van der Waals surface area contributed by atoms with Crippen LogP contribution in [0.1, 0.15) is 5.56 Å². The molecule has 16 heavy (non-hydrogen) atoms. The number of aliphatic hydroxyl groups is 1. The highest BCUT2D eigenvalue weighted by molar-refractivity contribution is 5.58. The normalized spacial score (nSPS) is 9.56. The lowest BCUT2D eigenvalue weighted by molar-refractivity contribution is 0.299. The Morgan fingerprint density at radius 1 is 1.00 bits per heavy atom. The zero-order valence-corrected chi connectivity index (χ0v) is 8.93. The van der Waals surface area contributed by atoms with E-state index in [-0.39, 0.29) is 12.1 Å². The van der Waals surface area contributed by atoms with Crippen LogP contribution in [0.5, 0.6) is 0 Å². The van der Waals surface area contributed by atoms with Crippen molar-refractivity contribution in [1.29, 1.82) is 0 Å². The zero-order valence-electron chi connectivity index (χ0n) is 8.93. The Morgan fingerprint density at radius 2 is 1.75 bits per heavy atom. The third kappa shape index (κ3) is 2.89. The van der Waals surface area contributed by atoms with Crippen LogP contribution in [0.4, 0.5) is 0 Å². The third-order valence-corrected chi connectivity index (χ3v) is 2.32. The second-order valence-electron chi connectivity index (χ2n) is 3.39. The maximum Gasteiger partial charge on any atom is 0.0701 e. The van der Waals surface area contributed by atoms with Crippen molar-refractivity contribution < 1.29 is 10.6 Å². The largest absolute Gasteiger partial charge is 0.412 e. The molecule has 2 rings (SSSR count). The second-order valence-corrected chi connectivity index (χ2v) is 3.39. The fraction of sp³-hybridized carbons (Fsp3) is 0.154. The van der Waals surface area contributed by atoms with E-state index in [4.69, 9.17) is 5.11 Å². The van der Waals surface area contributed by atoms with Crippen LogP contribution in [0.3, 0.4) is 0 Å². The number of hydrogen-bond donors (Lipinski definition) is 1. The minimum absolute atomic E-state index is 0. The predicted molar refractivity (Wildman–Crippen MR) is 64.1 cm³/mol. The average molecular weight is 217 g/mol. The van der Waals surface area contributed by atoms with Crippen molar-refractivity contribution in [2.24, 2.45) is 0 Å². The Bertz CT molecular complexity index is 412. The van der Waals surface area contributed by atoms with E-state index in [0.717, 1.165) is 16.8 Å². The number of nitrogens with zero attached hydrogens (tertiary/aromatic N) is 1. The highest BCUT2D eigenvalue weighted by atomic mass is 16.2. The molecule has 3 N–H and O–H groups in total. The van der Waals surface area contributed by atoms with Crippen LogP contribution in [0, 0.1) is 0 Å². The minimum atomic E-state index is 0. The summed E-state index contributed by atoms with van der Waals surface area (Å²) >= 11 is 0. The van der Waals surface area contributed by atoms with Gasteiger partial charge in [-0.2, -0.15) is 0 Å². The lowest BCUT2D eigenvalue weighted by Crippen LogP contribution is -1.90. The summed E-state index contributed by atoms with van der Waals surface area (Å²) in [6, 6.07) is 14.0. The van der Waals surface area contributed by atoms with E-state index in [1.807, 2.05) is 42.5 Å². The van der Waals surface area contributed by atoms with E-state index in [1.54, 1.807) is 6.20 Å². The summed E-state index contributed by atoms with van der Waals surface area (Å²) in [6.45, 7) is 0.197. The molecule has 0 fully saturated rings. The number of aromatic nitrogens is 1. The summed E-state index contributed by atoms with van der Waals surface area (Å²) in [5, 5.41) is 8.79. The maximum atomic E-state index is 8.79. The fourth-order valence-corrected chi connectivity index (χ4v) is 1.50. The lowest BCUT2D eigenvalue weighted by atomic mass is 10.1. The molecule has 1 aromatic carbocycles. The summed E-state index contributed by atoms with van der Waals surface area (Å²) in [6.07, 6.45) is 2.50. The SMILES string of the molecule is O.OCCc1ccc(-c2ccccn2)cc1. The first-order valence-electron chi connectivity index (χ1n) is 5.01. The molecular formula is C13H15NO2. The van der Waals surface area contributed by atoms with Gasteiger partial charge in [-0.1, -0.05) is 30.3 Å². The first-order chi connectivity index (χ1) is 7.40. The van der Waals surface area contributed by atoms with Gasteiger partial charge in [0.15, 0.2) is 0 Å². The number of rotatable bonds is 3. The topological polar surface area (TPSA) is 64.6 Å². The van der Waals surface area contributed by atoms with Crippen molar-refractivity contribution >= 4 is 0 Å². The maximum absolute atomic E-state index is 8.79. The third-order valence-electron chi connectivity index (χ3n) is 2.32. The molecule has 1 heterocycles. The van der Waals surface area contributed by atoms with Gasteiger partial charge in [0, 0.05) is 18.4 Å². The molecule has 0 unspecified atom stereocenters.